The molecule has 0 saturated heterocycles. The van der Waals surface area contributed by atoms with Crippen LogP contribution in [-0.4, -0.2) is 4.98 Å². The van der Waals surface area contributed by atoms with Gasteiger partial charge in [0, 0.05) is 0 Å². The van der Waals surface area contributed by atoms with E-state index in [1.165, 1.54) is 0 Å². The molecule has 0 unspecified atom stereocenters. The van der Waals surface area contributed by atoms with Crippen molar-refractivity contribution in [2.45, 2.75) is 6.18 Å². The van der Waals surface area contributed by atoms with Gasteiger partial charge in [0.15, 0.2) is 0 Å². The second-order valence-electron chi connectivity index (χ2n) is 3.57. The molecular formula is C13H7F3N2O. The second kappa shape index (κ2) is 4.98. The van der Waals surface area contributed by atoms with Crippen molar-refractivity contribution in [3.8, 4) is 17.7 Å². The summed E-state index contributed by atoms with van der Waals surface area (Å²) in [6.45, 7) is 0. The van der Waals surface area contributed by atoms with Crippen LogP contribution in [-0.2, 0) is 6.18 Å². The molecule has 0 aliphatic heterocycles. The SMILES string of the molecule is N#Cc1ccc(C(F)(F)F)nc1Oc1ccccc1. The molecule has 0 spiro atoms. The van der Waals surface area contributed by atoms with Crippen molar-refractivity contribution in [3.63, 3.8) is 0 Å². The van der Waals surface area contributed by atoms with Crippen molar-refractivity contribution in [2.75, 3.05) is 0 Å². The summed E-state index contributed by atoms with van der Waals surface area (Å²) in [5.74, 6) is -0.0469. The molecule has 6 heteroatoms. The third-order valence-corrected chi connectivity index (χ3v) is 2.23. The number of nitriles is 1. The van der Waals surface area contributed by atoms with Crippen molar-refractivity contribution in [2.24, 2.45) is 0 Å². The molecule has 2 aromatic rings. The molecule has 0 radical (unpaired) electrons. The smallest absolute Gasteiger partial charge is 0.433 e. The van der Waals surface area contributed by atoms with Crippen LogP contribution in [0.4, 0.5) is 13.2 Å². The summed E-state index contributed by atoms with van der Waals surface area (Å²) in [6.07, 6.45) is -4.58. The molecule has 0 N–H and O–H groups in total. The minimum Gasteiger partial charge on any atom is -0.438 e. The van der Waals surface area contributed by atoms with Crippen LogP contribution in [0.1, 0.15) is 11.3 Å². The van der Waals surface area contributed by atoms with Gasteiger partial charge in [0.1, 0.15) is 23.1 Å². The molecule has 1 aromatic heterocycles. The Morgan fingerprint density at radius 3 is 2.32 bits per heavy atom. The fourth-order valence-corrected chi connectivity index (χ4v) is 1.36. The monoisotopic (exact) mass is 264 g/mol. The minimum absolute atomic E-state index is 0.0585. The first kappa shape index (κ1) is 12.9. The first-order valence-electron chi connectivity index (χ1n) is 5.22. The van der Waals surface area contributed by atoms with Gasteiger partial charge in [-0.2, -0.15) is 18.4 Å². The number of nitrogens with zero attached hydrogens (tertiary/aromatic N) is 2. The van der Waals surface area contributed by atoms with E-state index in [0.29, 0.717) is 5.75 Å². The van der Waals surface area contributed by atoms with E-state index in [-0.39, 0.29) is 11.4 Å². The van der Waals surface area contributed by atoms with Gasteiger partial charge >= 0.3 is 6.18 Å². The van der Waals surface area contributed by atoms with Crippen molar-refractivity contribution in [1.29, 1.82) is 5.26 Å². The lowest BCUT2D eigenvalue weighted by Crippen LogP contribution is -2.09. The van der Waals surface area contributed by atoms with Crippen LogP contribution in [0.2, 0.25) is 0 Å². The zero-order chi connectivity index (χ0) is 13.9. The molecule has 0 aliphatic carbocycles. The van der Waals surface area contributed by atoms with Crippen LogP contribution >= 0.6 is 0 Å². The van der Waals surface area contributed by atoms with E-state index in [0.717, 1.165) is 12.1 Å². The first-order chi connectivity index (χ1) is 9.00. The van der Waals surface area contributed by atoms with E-state index >= 15 is 0 Å². The maximum absolute atomic E-state index is 12.5. The van der Waals surface area contributed by atoms with Gasteiger partial charge in [0.2, 0.25) is 5.88 Å². The number of hydrogen-bond acceptors (Lipinski definition) is 3. The highest BCUT2D eigenvalue weighted by Crippen LogP contribution is 2.31. The number of alkyl halides is 3. The van der Waals surface area contributed by atoms with Crippen LogP contribution in [0.25, 0.3) is 0 Å². The fraction of sp³-hybridized carbons (Fsp3) is 0.0769. The molecule has 96 valence electrons. The average molecular weight is 264 g/mol. The number of halogens is 3. The molecule has 1 aromatic carbocycles. The highest BCUT2D eigenvalue weighted by atomic mass is 19.4. The predicted octanol–water partition coefficient (Wildman–Crippen LogP) is 3.76. The van der Waals surface area contributed by atoms with Gasteiger partial charge in [-0.25, -0.2) is 4.98 Å². The fourth-order valence-electron chi connectivity index (χ4n) is 1.36. The van der Waals surface area contributed by atoms with Gasteiger partial charge in [-0.1, -0.05) is 18.2 Å². The zero-order valence-corrected chi connectivity index (χ0v) is 9.48. The van der Waals surface area contributed by atoms with E-state index in [1.807, 2.05) is 0 Å². The Labute approximate surface area is 106 Å². The lowest BCUT2D eigenvalue weighted by atomic mass is 10.2. The molecule has 0 aliphatic rings. The topological polar surface area (TPSA) is 45.9 Å². The third-order valence-electron chi connectivity index (χ3n) is 2.23. The van der Waals surface area contributed by atoms with Gasteiger partial charge in [-0.05, 0) is 24.3 Å². The Morgan fingerprint density at radius 1 is 1.05 bits per heavy atom. The molecule has 3 nitrogen and oxygen atoms in total. The van der Waals surface area contributed by atoms with E-state index in [1.54, 1.807) is 36.4 Å². The van der Waals surface area contributed by atoms with Crippen LogP contribution in [0.15, 0.2) is 42.5 Å². The zero-order valence-electron chi connectivity index (χ0n) is 9.48. The van der Waals surface area contributed by atoms with Crippen LogP contribution < -0.4 is 4.74 Å². The Kier molecular flexibility index (Phi) is 3.38. The van der Waals surface area contributed by atoms with Gasteiger partial charge in [0.25, 0.3) is 0 Å². The number of ether oxygens (including phenoxy) is 1. The van der Waals surface area contributed by atoms with Gasteiger partial charge in [0.05, 0.1) is 0 Å². The second-order valence-corrected chi connectivity index (χ2v) is 3.57. The largest absolute Gasteiger partial charge is 0.438 e. The molecule has 0 bridgehead atoms. The lowest BCUT2D eigenvalue weighted by molar-refractivity contribution is -0.141. The van der Waals surface area contributed by atoms with Gasteiger partial charge in [-0.3, -0.25) is 0 Å². The van der Waals surface area contributed by atoms with Crippen molar-refractivity contribution in [1.82, 2.24) is 4.98 Å². The molecule has 0 atom stereocenters. The number of para-hydroxylation sites is 1. The van der Waals surface area contributed by atoms with E-state index in [2.05, 4.69) is 4.98 Å². The summed E-state index contributed by atoms with van der Waals surface area (Å²) in [6, 6.07) is 11.7. The summed E-state index contributed by atoms with van der Waals surface area (Å²) < 4.78 is 42.8. The molecule has 1 heterocycles. The van der Waals surface area contributed by atoms with E-state index < -0.39 is 11.9 Å². The number of hydrogen-bond donors (Lipinski definition) is 0. The number of rotatable bonds is 2. The highest BCUT2D eigenvalue weighted by Gasteiger charge is 2.33. The molecule has 0 amide bonds. The highest BCUT2D eigenvalue weighted by molar-refractivity contribution is 5.41. The summed E-state index contributed by atoms with van der Waals surface area (Å²) in [7, 11) is 0. The van der Waals surface area contributed by atoms with Crippen molar-refractivity contribution >= 4 is 0 Å². The summed E-state index contributed by atoms with van der Waals surface area (Å²) in [4.78, 5) is 3.34. The average Bonchev–Trinajstić information content (AvgIpc) is 2.39. The number of aromatic nitrogens is 1. The number of benzene rings is 1. The summed E-state index contributed by atoms with van der Waals surface area (Å²) >= 11 is 0. The lowest BCUT2D eigenvalue weighted by Gasteiger charge is -2.10. The third kappa shape index (κ3) is 3.01. The van der Waals surface area contributed by atoms with Crippen molar-refractivity contribution in [3.05, 3.63) is 53.7 Å². The van der Waals surface area contributed by atoms with Crippen LogP contribution in [0.5, 0.6) is 11.6 Å². The minimum atomic E-state index is -4.58. The maximum atomic E-state index is 12.5. The van der Waals surface area contributed by atoms with Gasteiger partial charge in [-0.15, -0.1) is 0 Å². The predicted molar refractivity (Wildman–Crippen MR) is 60.5 cm³/mol. The number of pyridine rings is 1. The van der Waals surface area contributed by atoms with E-state index in [9.17, 15) is 13.2 Å². The Bertz CT molecular complexity index is 618. The van der Waals surface area contributed by atoms with E-state index in [4.69, 9.17) is 10.00 Å². The quantitative estimate of drug-likeness (QED) is 0.829. The van der Waals surface area contributed by atoms with Crippen molar-refractivity contribution < 1.29 is 17.9 Å². The molecule has 2 rings (SSSR count). The normalized spacial score (nSPS) is 10.8. The summed E-state index contributed by atoms with van der Waals surface area (Å²) in [5.41, 5.74) is -1.16. The van der Waals surface area contributed by atoms with Crippen LogP contribution in [0, 0.1) is 11.3 Å². The van der Waals surface area contributed by atoms with Crippen LogP contribution in [0.3, 0.4) is 0 Å². The summed E-state index contributed by atoms with van der Waals surface area (Å²) in [5, 5.41) is 8.84. The Balaban J connectivity index is 2.41. The molecule has 0 saturated carbocycles. The molecular weight excluding hydrogens is 257 g/mol. The molecule has 19 heavy (non-hydrogen) atoms. The standard InChI is InChI=1S/C13H7F3N2O/c14-13(15,16)11-7-6-9(8-17)12(18-11)19-10-4-2-1-3-5-10/h1-7H. The first-order valence-corrected chi connectivity index (χ1v) is 5.22. The Morgan fingerprint density at radius 2 is 1.74 bits per heavy atom. The maximum Gasteiger partial charge on any atom is 0.433 e. The Hall–Kier alpha value is -2.55. The molecule has 0 fully saturated rings. The van der Waals surface area contributed by atoms with Gasteiger partial charge < -0.3 is 4.74 Å².